The van der Waals surface area contributed by atoms with E-state index in [1.165, 1.54) is 31.7 Å². The van der Waals surface area contributed by atoms with Gasteiger partial charge in [0.05, 0.1) is 0 Å². The average molecular weight is 363 g/mol. The lowest BCUT2D eigenvalue weighted by Crippen LogP contribution is -2.05. The minimum Gasteiger partial charge on any atom is -0.508 e. The topological polar surface area (TPSA) is 60.7 Å². The van der Waals surface area contributed by atoms with Gasteiger partial charge in [-0.25, -0.2) is 0 Å². The summed E-state index contributed by atoms with van der Waals surface area (Å²) < 4.78 is 0. The van der Waals surface area contributed by atoms with Gasteiger partial charge in [-0.15, -0.1) is 0 Å². The quantitative estimate of drug-likeness (QED) is 0.254. The Balaban J connectivity index is 1.91. The Kier molecular flexibility index (Phi) is 6.87. The third-order valence-corrected chi connectivity index (χ3v) is 5.89. The van der Waals surface area contributed by atoms with E-state index < -0.39 is 0 Å². The molecule has 1 aliphatic carbocycles. The van der Waals surface area contributed by atoms with Crippen molar-refractivity contribution in [2.45, 2.75) is 98.3 Å². The van der Waals surface area contributed by atoms with Gasteiger partial charge in [-0.2, -0.15) is 0 Å². The number of aromatic hydroxyl groups is 3. The summed E-state index contributed by atoms with van der Waals surface area (Å²) >= 11 is 0. The molecule has 0 bridgehead atoms. The minimum atomic E-state index is -0.207. The Morgan fingerprint density at radius 3 is 2.08 bits per heavy atom. The summed E-state index contributed by atoms with van der Waals surface area (Å²) in [5.41, 5.74) is 2.49. The van der Waals surface area contributed by atoms with Gasteiger partial charge < -0.3 is 15.3 Å². The Labute approximate surface area is 159 Å². The van der Waals surface area contributed by atoms with Crippen molar-refractivity contribution in [2.75, 3.05) is 0 Å². The summed E-state index contributed by atoms with van der Waals surface area (Å²) in [5.74, 6) is -0.124. The fourth-order valence-electron chi connectivity index (χ4n) is 3.74. The summed E-state index contributed by atoms with van der Waals surface area (Å²) in [4.78, 5) is 0. The molecule has 1 fully saturated rings. The highest BCUT2D eigenvalue weighted by molar-refractivity contribution is 5.55. The molecule has 3 N–H and O–H groups in total. The number of unbranched alkanes of at least 4 members (excludes halogenated alkanes) is 3. The molecule has 148 valence electrons. The summed E-state index contributed by atoms with van der Waals surface area (Å²) in [6.45, 7) is 9.08. The lowest BCUT2D eigenvalue weighted by atomic mass is 9.88. The third-order valence-electron chi connectivity index (χ3n) is 5.89. The highest BCUT2D eigenvalue weighted by Gasteiger charge is 2.35. The van der Waals surface area contributed by atoms with Gasteiger partial charge in [0.15, 0.2) is 11.5 Å². The monoisotopic (exact) mass is 362 g/mol. The van der Waals surface area contributed by atoms with Crippen molar-refractivity contribution in [2.24, 2.45) is 10.8 Å². The molecule has 1 aliphatic rings. The molecule has 0 aliphatic heterocycles. The summed E-state index contributed by atoms with van der Waals surface area (Å²) in [6.07, 6.45) is 12.1. The molecule has 1 aromatic carbocycles. The number of rotatable bonds is 10. The minimum absolute atomic E-state index is 0.0391. The standard InChI is InChI=1S/C23H38O3/c1-22(2,3)12-9-7-10-17-18(21(26)20(25)16-19(17)24)11-6-5-8-13-23(4)14-15-23/h16,24-26H,5-15H2,1-4H3. The summed E-state index contributed by atoms with van der Waals surface area (Å²) in [7, 11) is 0. The van der Waals surface area contributed by atoms with Crippen molar-refractivity contribution in [3.05, 3.63) is 17.2 Å². The molecule has 0 atom stereocenters. The lowest BCUT2D eigenvalue weighted by Gasteiger charge is -2.18. The van der Waals surface area contributed by atoms with Gasteiger partial charge in [0.1, 0.15) is 5.75 Å². The molecule has 0 spiro atoms. The van der Waals surface area contributed by atoms with E-state index in [4.69, 9.17) is 0 Å². The second-order valence-electron chi connectivity index (χ2n) is 9.86. The fourth-order valence-corrected chi connectivity index (χ4v) is 3.74. The predicted molar refractivity (Wildman–Crippen MR) is 108 cm³/mol. The van der Waals surface area contributed by atoms with Crippen molar-refractivity contribution in [3.63, 3.8) is 0 Å². The fraction of sp³-hybridized carbons (Fsp3) is 0.739. The van der Waals surface area contributed by atoms with Crippen LogP contribution in [0.2, 0.25) is 0 Å². The first-order chi connectivity index (χ1) is 12.1. The van der Waals surface area contributed by atoms with Crippen LogP contribution in [0.25, 0.3) is 0 Å². The van der Waals surface area contributed by atoms with Crippen molar-refractivity contribution in [1.29, 1.82) is 0 Å². The van der Waals surface area contributed by atoms with Crippen LogP contribution in [0.1, 0.15) is 96.6 Å². The Hall–Kier alpha value is -1.38. The number of phenolic OH excluding ortho intramolecular Hbond substituents is 3. The maximum absolute atomic E-state index is 10.3. The highest BCUT2D eigenvalue weighted by Crippen LogP contribution is 2.49. The first-order valence-corrected chi connectivity index (χ1v) is 10.4. The van der Waals surface area contributed by atoms with Gasteiger partial charge in [-0.1, -0.05) is 47.0 Å². The molecule has 2 rings (SSSR count). The van der Waals surface area contributed by atoms with Gasteiger partial charge in [-0.3, -0.25) is 0 Å². The van der Waals surface area contributed by atoms with E-state index in [1.807, 2.05) is 0 Å². The van der Waals surface area contributed by atoms with Crippen molar-refractivity contribution in [1.82, 2.24) is 0 Å². The Morgan fingerprint density at radius 1 is 0.846 bits per heavy atom. The summed E-state index contributed by atoms with van der Waals surface area (Å²) in [5, 5.41) is 30.5. The maximum atomic E-state index is 10.3. The number of benzene rings is 1. The number of hydrogen-bond donors (Lipinski definition) is 3. The van der Waals surface area contributed by atoms with Crippen LogP contribution in [0.5, 0.6) is 17.2 Å². The largest absolute Gasteiger partial charge is 0.508 e. The second kappa shape index (κ2) is 8.54. The summed E-state index contributed by atoms with van der Waals surface area (Å²) in [6, 6.07) is 1.28. The molecule has 0 unspecified atom stereocenters. The van der Waals surface area contributed by atoms with E-state index >= 15 is 0 Å². The van der Waals surface area contributed by atoms with Crippen LogP contribution >= 0.6 is 0 Å². The molecular formula is C23H38O3. The molecule has 1 aromatic rings. The van der Waals surface area contributed by atoms with Crippen LogP contribution in [0.4, 0.5) is 0 Å². The molecule has 26 heavy (non-hydrogen) atoms. The molecule has 1 saturated carbocycles. The molecule has 0 aromatic heterocycles. The Bertz CT molecular complexity index is 594. The van der Waals surface area contributed by atoms with Crippen LogP contribution in [0.3, 0.4) is 0 Å². The van der Waals surface area contributed by atoms with Crippen LogP contribution in [0.15, 0.2) is 6.07 Å². The van der Waals surface area contributed by atoms with Crippen molar-refractivity contribution in [3.8, 4) is 17.2 Å². The molecule has 0 saturated heterocycles. The first kappa shape index (κ1) is 20.9. The smallest absolute Gasteiger partial charge is 0.161 e. The van der Waals surface area contributed by atoms with E-state index in [1.54, 1.807) is 0 Å². The van der Waals surface area contributed by atoms with Crippen molar-refractivity contribution >= 4 is 0 Å². The van der Waals surface area contributed by atoms with Gasteiger partial charge in [0.2, 0.25) is 0 Å². The van der Waals surface area contributed by atoms with Crippen LogP contribution in [0, 0.1) is 10.8 Å². The molecule has 0 heterocycles. The van der Waals surface area contributed by atoms with E-state index in [-0.39, 0.29) is 17.2 Å². The average Bonchev–Trinajstić information content (AvgIpc) is 3.26. The predicted octanol–water partition coefficient (Wildman–Crippen LogP) is 6.47. The van der Waals surface area contributed by atoms with Crippen LogP contribution in [-0.2, 0) is 12.8 Å². The van der Waals surface area contributed by atoms with E-state index in [0.29, 0.717) is 10.8 Å². The number of hydrogen-bond acceptors (Lipinski definition) is 3. The van der Waals surface area contributed by atoms with Gasteiger partial charge >= 0.3 is 0 Å². The zero-order valence-corrected chi connectivity index (χ0v) is 17.2. The Morgan fingerprint density at radius 2 is 1.46 bits per heavy atom. The van der Waals surface area contributed by atoms with Crippen molar-refractivity contribution < 1.29 is 15.3 Å². The van der Waals surface area contributed by atoms with Gasteiger partial charge in [-0.05, 0) is 62.2 Å². The van der Waals surface area contributed by atoms with Gasteiger partial charge in [0.25, 0.3) is 0 Å². The molecule has 0 amide bonds. The van der Waals surface area contributed by atoms with E-state index in [2.05, 4.69) is 27.7 Å². The molecule has 0 radical (unpaired) electrons. The number of phenols is 3. The second-order valence-corrected chi connectivity index (χ2v) is 9.86. The highest BCUT2D eigenvalue weighted by atomic mass is 16.3. The maximum Gasteiger partial charge on any atom is 0.161 e. The lowest BCUT2D eigenvalue weighted by molar-refractivity contribution is 0.359. The normalized spacial score (nSPS) is 16.0. The van der Waals surface area contributed by atoms with Crippen LogP contribution < -0.4 is 0 Å². The molecular weight excluding hydrogens is 324 g/mol. The zero-order valence-electron chi connectivity index (χ0n) is 17.2. The third kappa shape index (κ3) is 6.41. The first-order valence-electron chi connectivity index (χ1n) is 10.4. The zero-order chi connectivity index (χ0) is 19.4. The van der Waals surface area contributed by atoms with Gasteiger partial charge in [0, 0.05) is 17.2 Å². The van der Waals surface area contributed by atoms with Crippen LogP contribution in [-0.4, -0.2) is 15.3 Å². The van der Waals surface area contributed by atoms with E-state index in [0.717, 1.165) is 56.1 Å². The van der Waals surface area contributed by atoms with E-state index in [9.17, 15) is 15.3 Å². The molecule has 3 nitrogen and oxygen atoms in total. The SMILES string of the molecule is CC(C)(C)CCCCc1c(O)cc(O)c(O)c1CCCCCC1(C)CC1. The molecule has 3 heteroatoms.